The fraction of sp³-hybridized carbons (Fsp3) is 0.0566. The van der Waals surface area contributed by atoms with Crippen molar-refractivity contribution in [2.24, 2.45) is 0 Å². The van der Waals surface area contributed by atoms with Crippen LogP contribution >= 0.6 is 0 Å². The van der Waals surface area contributed by atoms with E-state index in [0.29, 0.717) is 5.92 Å². The van der Waals surface area contributed by atoms with Crippen molar-refractivity contribution < 1.29 is 0 Å². The summed E-state index contributed by atoms with van der Waals surface area (Å²) in [4.78, 5) is 0. The first-order chi connectivity index (χ1) is 26.8. The summed E-state index contributed by atoms with van der Waals surface area (Å²) in [6, 6.07) is 71.9. The van der Waals surface area contributed by atoms with Gasteiger partial charge < -0.3 is 4.57 Å². The van der Waals surface area contributed by atoms with Crippen LogP contribution in [0.15, 0.2) is 194 Å². The van der Waals surface area contributed by atoms with Gasteiger partial charge in [0.1, 0.15) is 0 Å². The van der Waals surface area contributed by atoms with Gasteiger partial charge in [-0.25, -0.2) is 0 Å². The van der Waals surface area contributed by atoms with E-state index in [1.165, 1.54) is 99.1 Å². The van der Waals surface area contributed by atoms with Crippen molar-refractivity contribution >= 4 is 43.4 Å². The Kier molecular flexibility index (Phi) is 7.13. The average molecular weight is 688 g/mol. The van der Waals surface area contributed by atoms with Crippen LogP contribution in [0.2, 0.25) is 0 Å². The van der Waals surface area contributed by atoms with E-state index in [4.69, 9.17) is 0 Å². The normalized spacial score (nSPS) is 13.7. The second-order valence-electron chi connectivity index (χ2n) is 14.9. The molecule has 1 aromatic heterocycles. The van der Waals surface area contributed by atoms with Crippen LogP contribution < -0.4 is 0 Å². The molecule has 0 fully saturated rings. The Bertz CT molecular complexity index is 3040. The minimum atomic E-state index is 0.411. The fourth-order valence-corrected chi connectivity index (χ4v) is 9.27. The zero-order valence-electron chi connectivity index (χ0n) is 29.9. The summed E-state index contributed by atoms with van der Waals surface area (Å²) in [5, 5.41) is 7.92. The Morgan fingerprint density at radius 2 is 1.04 bits per heavy atom. The second-order valence-corrected chi connectivity index (χ2v) is 14.9. The second kappa shape index (κ2) is 12.5. The van der Waals surface area contributed by atoms with Crippen molar-refractivity contribution in [2.75, 3.05) is 0 Å². The first-order valence-corrected chi connectivity index (χ1v) is 19.1. The van der Waals surface area contributed by atoms with Gasteiger partial charge in [0.2, 0.25) is 0 Å². The Labute approximate surface area is 315 Å². The number of benzene rings is 9. The Morgan fingerprint density at radius 1 is 0.407 bits per heavy atom. The van der Waals surface area contributed by atoms with Gasteiger partial charge in [-0.3, -0.25) is 0 Å². The molecule has 1 aliphatic carbocycles. The monoisotopic (exact) mass is 687 g/mol. The predicted molar refractivity (Wildman–Crippen MR) is 229 cm³/mol. The summed E-state index contributed by atoms with van der Waals surface area (Å²) >= 11 is 0. The van der Waals surface area contributed by atoms with E-state index in [1.54, 1.807) is 0 Å². The highest BCUT2D eigenvalue weighted by Gasteiger charge is 2.26. The summed E-state index contributed by atoms with van der Waals surface area (Å²) in [6.07, 6.45) is 2.04. The van der Waals surface area contributed by atoms with Crippen molar-refractivity contribution in [3.63, 3.8) is 0 Å². The van der Waals surface area contributed by atoms with E-state index in [1.807, 2.05) is 0 Å². The molecule has 1 heteroatoms. The molecule has 0 amide bonds. The lowest BCUT2D eigenvalue weighted by molar-refractivity contribution is 0.676. The van der Waals surface area contributed by atoms with E-state index in [2.05, 4.69) is 199 Å². The molecule has 0 N–H and O–H groups in total. The van der Waals surface area contributed by atoms with Gasteiger partial charge >= 0.3 is 0 Å². The third-order valence-corrected chi connectivity index (χ3v) is 11.8. The minimum absolute atomic E-state index is 0.411. The molecule has 0 radical (unpaired) electrons. The standard InChI is InChI=1S/C53H37N/c1-2-12-35(13-3-1)36-24-27-43(28-25-36)54-52-21-11-10-20-49(52)51-34-38(26-29-53(51)54)37-22-23-40-31-42(46-17-7-9-19-48(46)50(40)33-37)32-41-30-39-14-4-5-15-44(39)47-18-8-6-16-45(41)47/h1-30,33-34,42H,31-32H2. The summed E-state index contributed by atoms with van der Waals surface area (Å²) in [5.74, 6) is 0.411. The van der Waals surface area contributed by atoms with Crippen molar-refractivity contribution in [3.05, 3.63) is 211 Å². The van der Waals surface area contributed by atoms with Gasteiger partial charge in [0.15, 0.2) is 0 Å². The molecular formula is C53H37N. The number of hydrogen-bond donors (Lipinski definition) is 0. The van der Waals surface area contributed by atoms with Crippen LogP contribution in [0, 0.1) is 0 Å². The maximum atomic E-state index is 2.44. The number of rotatable bonds is 5. The van der Waals surface area contributed by atoms with Crippen LogP contribution in [0.25, 0.3) is 82.4 Å². The summed E-state index contributed by atoms with van der Waals surface area (Å²) in [6.45, 7) is 0. The fourth-order valence-electron chi connectivity index (χ4n) is 9.27. The van der Waals surface area contributed by atoms with Crippen molar-refractivity contribution in [1.82, 2.24) is 4.57 Å². The molecule has 1 atom stereocenters. The first-order valence-electron chi connectivity index (χ1n) is 19.1. The van der Waals surface area contributed by atoms with E-state index in [9.17, 15) is 0 Å². The minimum Gasteiger partial charge on any atom is -0.309 e. The first kappa shape index (κ1) is 30.9. The molecule has 254 valence electrons. The topological polar surface area (TPSA) is 4.93 Å². The third-order valence-electron chi connectivity index (χ3n) is 11.8. The number of fused-ring (bicyclic) bond motifs is 9. The third kappa shape index (κ3) is 5.00. The lowest BCUT2D eigenvalue weighted by Gasteiger charge is -2.29. The number of hydrogen-bond acceptors (Lipinski definition) is 0. The van der Waals surface area contributed by atoms with Crippen LogP contribution in [0.3, 0.4) is 0 Å². The molecule has 11 rings (SSSR count). The molecule has 10 aromatic rings. The quantitative estimate of drug-likeness (QED) is 0.159. The van der Waals surface area contributed by atoms with E-state index in [-0.39, 0.29) is 0 Å². The molecule has 1 aliphatic rings. The number of para-hydroxylation sites is 1. The van der Waals surface area contributed by atoms with Crippen LogP contribution in [0.1, 0.15) is 22.6 Å². The highest BCUT2D eigenvalue weighted by molar-refractivity contribution is 6.11. The van der Waals surface area contributed by atoms with Gasteiger partial charge in [-0.2, -0.15) is 0 Å². The number of aromatic nitrogens is 1. The highest BCUT2D eigenvalue weighted by Crippen LogP contribution is 2.44. The lowest BCUT2D eigenvalue weighted by Crippen LogP contribution is -2.14. The van der Waals surface area contributed by atoms with Crippen molar-refractivity contribution in [2.45, 2.75) is 18.8 Å². The Balaban J connectivity index is 0.970. The molecule has 0 saturated heterocycles. The molecule has 9 aromatic carbocycles. The molecule has 0 bridgehead atoms. The highest BCUT2D eigenvalue weighted by atomic mass is 15.0. The van der Waals surface area contributed by atoms with E-state index in [0.717, 1.165) is 12.8 Å². The molecule has 0 saturated carbocycles. The van der Waals surface area contributed by atoms with Gasteiger partial charge in [0.25, 0.3) is 0 Å². The zero-order valence-corrected chi connectivity index (χ0v) is 29.9. The molecule has 1 nitrogen and oxygen atoms in total. The summed E-state index contributed by atoms with van der Waals surface area (Å²) in [7, 11) is 0. The molecule has 54 heavy (non-hydrogen) atoms. The average Bonchev–Trinajstić information content (AvgIpc) is 3.58. The summed E-state index contributed by atoms with van der Waals surface area (Å²) < 4.78 is 2.41. The molecule has 1 heterocycles. The number of nitrogens with zero attached hydrogens (tertiary/aromatic N) is 1. The predicted octanol–water partition coefficient (Wildman–Crippen LogP) is 14.0. The van der Waals surface area contributed by atoms with Crippen molar-refractivity contribution in [3.8, 4) is 39.1 Å². The van der Waals surface area contributed by atoms with Crippen LogP contribution in [0.4, 0.5) is 0 Å². The maximum Gasteiger partial charge on any atom is 0.0541 e. The van der Waals surface area contributed by atoms with Gasteiger partial charge in [0, 0.05) is 16.5 Å². The maximum absolute atomic E-state index is 2.44. The van der Waals surface area contributed by atoms with Crippen LogP contribution in [-0.2, 0) is 12.8 Å². The van der Waals surface area contributed by atoms with Gasteiger partial charge in [-0.05, 0) is 127 Å². The molecule has 1 unspecified atom stereocenters. The van der Waals surface area contributed by atoms with Gasteiger partial charge in [-0.15, -0.1) is 0 Å². The zero-order chi connectivity index (χ0) is 35.6. The smallest absolute Gasteiger partial charge is 0.0541 e. The van der Waals surface area contributed by atoms with Crippen LogP contribution in [-0.4, -0.2) is 4.57 Å². The lowest BCUT2D eigenvalue weighted by atomic mass is 9.75. The van der Waals surface area contributed by atoms with E-state index < -0.39 is 0 Å². The van der Waals surface area contributed by atoms with Gasteiger partial charge in [0.05, 0.1) is 11.0 Å². The van der Waals surface area contributed by atoms with Crippen LogP contribution in [0.5, 0.6) is 0 Å². The van der Waals surface area contributed by atoms with E-state index >= 15 is 0 Å². The summed E-state index contributed by atoms with van der Waals surface area (Å²) in [5.41, 5.74) is 15.6. The Hall–Kier alpha value is -6.70. The Morgan fingerprint density at radius 3 is 1.91 bits per heavy atom. The molecule has 0 aliphatic heterocycles. The molecule has 0 spiro atoms. The SMILES string of the molecule is c1ccc(-c2ccc(-n3c4ccccc4c4cc(-c5ccc6c(c5)-c5ccccc5C(Cc5cc7ccccc7c7ccccc57)C6)ccc43)cc2)cc1. The van der Waals surface area contributed by atoms with Crippen molar-refractivity contribution in [1.29, 1.82) is 0 Å². The van der Waals surface area contributed by atoms with Gasteiger partial charge in [-0.1, -0.05) is 158 Å². The largest absolute Gasteiger partial charge is 0.309 e. The molecular weight excluding hydrogens is 651 g/mol.